The van der Waals surface area contributed by atoms with Crippen LogP contribution in [0.4, 0.5) is 0 Å². The van der Waals surface area contributed by atoms with Gasteiger partial charge in [-0.15, -0.1) is 0 Å². The Bertz CT molecular complexity index is 689. The lowest BCUT2D eigenvalue weighted by Gasteiger charge is -2.05. The van der Waals surface area contributed by atoms with E-state index in [2.05, 4.69) is 13.8 Å². The molecule has 2 aromatic carbocycles. The number of nitriles is 1. The quantitative estimate of drug-likeness (QED) is 0.465. The number of Topliss-reactive ketones (excluding diaryl/α,β-unsaturated/α-hetero) is 1. The summed E-state index contributed by atoms with van der Waals surface area (Å²) in [5, 5.41) is 9.22. The highest BCUT2D eigenvalue weighted by Gasteiger charge is 2.11. The Labute approximate surface area is 125 Å². The summed E-state index contributed by atoms with van der Waals surface area (Å²) >= 11 is 0. The maximum atomic E-state index is 12.3. The van der Waals surface area contributed by atoms with Gasteiger partial charge in [-0.3, -0.25) is 4.79 Å². The van der Waals surface area contributed by atoms with Crippen LogP contribution in [0.2, 0.25) is 0 Å². The lowest BCUT2D eigenvalue weighted by atomic mass is 9.99. The Morgan fingerprint density at radius 2 is 1.67 bits per heavy atom. The topological polar surface area (TPSA) is 40.9 Å². The molecule has 0 radical (unpaired) electrons. The average molecular weight is 275 g/mol. The number of carbonyl (C=O) groups is 1. The lowest BCUT2D eigenvalue weighted by molar-refractivity contribution is 0.104. The summed E-state index contributed by atoms with van der Waals surface area (Å²) in [6.07, 6.45) is 1.64. The van der Waals surface area contributed by atoms with Crippen LogP contribution in [0.1, 0.15) is 41.3 Å². The van der Waals surface area contributed by atoms with Gasteiger partial charge in [0.05, 0.1) is 0 Å². The molecule has 0 aliphatic carbocycles. The Kier molecular flexibility index (Phi) is 4.68. The summed E-state index contributed by atoms with van der Waals surface area (Å²) in [4.78, 5) is 12.3. The third kappa shape index (κ3) is 3.67. The second kappa shape index (κ2) is 6.67. The molecule has 0 spiro atoms. The van der Waals surface area contributed by atoms with E-state index in [1.807, 2.05) is 36.4 Å². The van der Waals surface area contributed by atoms with Crippen LogP contribution < -0.4 is 0 Å². The molecule has 0 aliphatic rings. The van der Waals surface area contributed by atoms with Crippen molar-refractivity contribution >= 4 is 11.9 Å². The van der Waals surface area contributed by atoms with E-state index in [4.69, 9.17) is 0 Å². The number of hydrogen-bond donors (Lipinski definition) is 0. The van der Waals surface area contributed by atoms with Crippen molar-refractivity contribution in [3.05, 3.63) is 76.9 Å². The second-order valence-corrected chi connectivity index (χ2v) is 5.19. The molecule has 2 nitrogen and oxygen atoms in total. The van der Waals surface area contributed by atoms with Crippen LogP contribution in [0.5, 0.6) is 0 Å². The molecule has 104 valence electrons. The van der Waals surface area contributed by atoms with Gasteiger partial charge in [-0.2, -0.15) is 5.26 Å². The van der Waals surface area contributed by atoms with Crippen molar-refractivity contribution in [2.24, 2.45) is 0 Å². The van der Waals surface area contributed by atoms with Crippen molar-refractivity contribution in [1.82, 2.24) is 0 Å². The van der Waals surface area contributed by atoms with E-state index in [-0.39, 0.29) is 11.4 Å². The van der Waals surface area contributed by atoms with E-state index < -0.39 is 0 Å². The van der Waals surface area contributed by atoms with Crippen LogP contribution in [-0.2, 0) is 0 Å². The van der Waals surface area contributed by atoms with E-state index in [9.17, 15) is 10.1 Å². The van der Waals surface area contributed by atoms with Crippen LogP contribution in [-0.4, -0.2) is 5.78 Å². The van der Waals surface area contributed by atoms with Crippen LogP contribution in [0.15, 0.2) is 60.2 Å². The number of carbonyl (C=O) groups excluding carboxylic acids is 1. The standard InChI is InChI=1S/C19H17NO/c1-14(2)16-10-8-15(9-11-16)12-18(13-20)19(21)17-6-4-3-5-7-17/h3-12,14H,1-2H3/b18-12+. The van der Waals surface area contributed by atoms with E-state index in [1.165, 1.54) is 5.56 Å². The first-order chi connectivity index (χ1) is 10.1. The third-order valence-corrected chi connectivity index (χ3v) is 3.32. The fourth-order valence-electron chi connectivity index (χ4n) is 2.04. The molecule has 2 rings (SSSR count). The second-order valence-electron chi connectivity index (χ2n) is 5.19. The minimum Gasteiger partial charge on any atom is -0.288 e. The molecule has 0 saturated heterocycles. The van der Waals surface area contributed by atoms with Gasteiger partial charge >= 0.3 is 0 Å². The average Bonchev–Trinajstić information content (AvgIpc) is 2.53. The molecular weight excluding hydrogens is 258 g/mol. The largest absolute Gasteiger partial charge is 0.288 e. The molecule has 0 fully saturated rings. The third-order valence-electron chi connectivity index (χ3n) is 3.32. The fraction of sp³-hybridized carbons (Fsp3) is 0.158. The molecule has 0 saturated carbocycles. The van der Waals surface area contributed by atoms with Crippen molar-refractivity contribution in [3.63, 3.8) is 0 Å². The Morgan fingerprint density at radius 1 is 1.05 bits per heavy atom. The van der Waals surface area contributed by atoms with Gasteiger partial charge in [-0.25, -0.2) is 0 Å². The smallest absolute Gasteiger partial charge is 0.203 e. The highest BCUT2D eigenvalue weighted by molar-refractivity contribution is 6.13. The monoisotopic (exact) mass is 275 g/mol. The predicted molar refractivity (Wildman–Crippen MR) is 84.9 cm³/mol. The van der Waals surface area contributed by atoms with Gasteiger partial charge in [0.25, 0.3) is 0 Å². The summed E-state index contributed by atoms with van der Waals surface area (Å²) in [7, 11) is 0. The number of benzene rings is 2. The zero-order valence-electron chi connectivity index (χ0n) is 12.2. The molecule has 0 aliphatic heterocycles. The van der Waals surface area contributed by atoms with Crippen molar-refractivity contribution in [2.45, 2.75) is 19.8 Å². The zero-order valence-corrected chi connectivity index (χ0v) is 12.2. The van der Waals surface area contributed by atoms with E-state index >= 15 is 0 Å². The Balaban J connectivity index is 2.29. The van der Waals surface area contributed by atoms with Crippen LogP contribution in [0.3, 0.4) is 0 Å². The first-order valence-electron chi connectivity index (χ1n) is 6.93. The van der Waals surface area contributed by atoms with Gasteiger partial charge in [-0.05, 0) is 23.1 Å². The van der Waals surface area contributed by atoms with Crippen molar-refractivity contribution < 1.29 is 4.79 Å². The first-order valence-corrected chi connectivity index (χ1v) is 6.93. The number of hydrogen-bond acceptors (Lipinski definition) is 2. The number of allylic oxidation sites excluding steroid dienone is 1. The number of rotatable bonds is 4. The summed E-state index contributed by atoms with van der Waals surface area (Å²) in [6, 6.07) is 18.8. The molecule has 0 amide bonds. The van der Waals surface area contributed by atoms with Crippen molar-refractivity contribution in [2.75, 3.05) is 0 Å². The highest BCUT2D eigenvalue weighted by atomic mass is 16.1. The van der Waals surface area contributed by atoms with Crippen LogP contribution in [0, 0.1) is 11.3 Å². The molecule has 0 bridgehead atoms. The summed E-state index contributed by atoms with van der Waals surface area (Å²) in [5.41, 5.74) is 2.78. The van der Waals surface area contributed by atoms with Gasteiger partial charge in [-0.1, -0.05) is 68.4 Å². The fourth-order valence-corrected chi connectivity index (χ4v) is 2.04. The molecular formula is C19H17NO. The van der Waals surface area contributed by atoms with Crippen molar-refractivity contribution in [3.8, 4) is 6.07 Å². The molecule has 0 unspecified atom stereocenters. The molecule has 21 heavy (non-hydrogen) atoms. The number of nitrogens with zero attached hydrogens (tertiary/aromatic N) is 1. The van der Waals surface area contributed by atoms with Gasteiger partial charge in [0.15, 0.2) is 0 Å². The van der Waals surface area contributed by atoms with E-state index in [1.54, 1.807) is 30.3 Å². The van der Waals surface area contributed by atoms with Crippen LogP contribution >= 0.6 is 0 Å². The Hall–Kier alpha value is -2.66. The molecule has 0 aromatic heterocycles. The minimum atomic E-state index is -0.244. The van der Waals surface area contributed by atoms with Crippen LogP contribution in [0.25, 0.3) is 6.08 Å². The van der Waals surface area contributed by atoms with Gasteiger partial charge in [0.1, 0.15) is 11.6 Å². The Morgan fingerprint density at radius 3 is 2.19 bits per heavy atom. The minimum absolute atomic E-state index is 0.151. The molecule has 0 atom stereocenters. The first kappa shape index (κ1) is 14.7. The number of ketones is 1. The molecule has 0 heterocycles. The predicted octanol–water partition coefficient (Wildman–Crippen LogP) is 4.60. The lowest BCUT2D eigenvalue weighted by Crippen LogP contribution is -2.01. The highest BCUT2D eigenvalue weighted by Crippen LogP contribution is 2.17. The summed E-state index contributed by atoms with van der Waals surface area (Å²) in [6.45, 7) is 4.26. The summed E-state index contributed by atoms with van der Waals surface area (Å²) < 4.78 is 0. The maximum absolute atomic E-state index is 12.3. The molecule has 0 N–H and O–H groups in total. The van der Waals surface area contributed by atoms with Gasteiger partial charge < -0.3 is 0 Å². The molecule has 2 aromatic rings. The SMILES string of the molecule is CC(C)c1ccc(/C=C(\C#N)C(=O)c2ccccc2)cc1. The maximum Gasteiger partial charge on any atom is 0.203 e. The van der Waals surface area contributed by atoms with Gasteiger partial charge in [0, 0.05) is 5.56 Å². The molecule has 2 heteroatoms. The van der Waals surface area contributed by atoms with E-state index in [0.717, 1.165) is 5.56 Å². The van der Waals surface area contributed by atoms with Crippen molar-refractivity contribution in [1.29, 1.82) is 5.26 Å². The zero-order chi connectivity index (χ0) is 15.2. The van der Waals surface area contributed by atoms with Gasteiger partial charge in [0.2, 0.25) is 5.78 Å². The van der Waals surface area contributed by atoms with E-state index in [0.29, 0.717) is 11.5 Å². The normalized spacial score (nSPS) is 11.2. The summed E-state index contributed by atoms with van der Waals surface area (Å²) in [5.74, 6) is 0.218.